The van der Waals surface area contributed by atoms with Crippen LogP contribution in [0.5, 0.6) is 5.75 Å². The molecule has 2 fully saturated rings. The zero-order chi connectivity index (χ0) is 36.5. The normalized spacial score (nSPS) is 19.8. The molecular formula is C33H45F5N2O10. The van der Waals surface area contributed by atoms with Crippen LogP contribution in [0.25, 0.3) is 0 Å². The molecule has 4 atom stereocenters. The Morgan fingerprint density at radius 3 is 1.80 bits per heavy atom. The Morgan fingerprint density at radius 2 is 1.22 bits per heavy atom. The van der Waals surface area contributed by atoms with Gasteiger partial charge in [-0.05, 0) is 32.1 Å². The van der Waals surface area contributed by atoms with Gasteiger partial charge in [0.25, 0.3) is 0 Å². The minimum absolute atomic E-state index is 0.0597. The topological polar surface area (TPSA) is 159 Å². The smallest absolute Gasteiger partial charge is 0.427 e. The van der Waals surface area contributed by atoms with Crippen molar-refractivity contribution in [2.45, 2.75) is 121 Å². The molecule has 2 heterocycles. The Labute approximate surface area is 286 Å². The van der Waals surface area contributed by atoms with Gasteiger partial charge in [-0.25, -0.2) is 18.0 Å². The van der Waals surface area contributed by atoms with Crippen molar-refractivity contribution < 1.29 is 69.9 Å². The van der Waals surface area contributed by atoms with Gasteiger partial charge < -0.3 is 39.4 Å². The number of hydrogen-bond acceptors (Lipinski definition) is 10. The Morgan fingerprint density at radius 1 is 0.700 bits per heavy atom. The molecule has 17 heteroatoms. The lowest BCUT2D eigenvalue weighted by molar-refractivity contribution is -0.237. The third-order valence-electron chi connectivity index (χ3n) is 8.16. The fraction of sp³-hybridized carbons (Fsp3) is 0.697. The quantitative estimate of drug-likeness (QED) is 0.0350. The zero-order valence-electron chi connectivity index (χ0n) is 27.8. The van der Waals surface area contributed by atoms with Gasteiger partial charge in [0.1, 0.15) is 12.2 Å². The monoisotopic (exact) mass is 724 g/mol. The van der Waals surface area contributed by atoms with Crippen molar-refractivity contribution in [3.63, 3.8) is 0 Å². The summed E-state index contributed by atoms with van der Waals surface area (Å²) in [7, 11) is 0. The van der Waals surface area contributed by atoms with Crippen molar-refractivity contribution >= 4 is 23.9 Å². The molecule has 0 spiro atoms. The Hall–Kier alpha value is -3.57. The number of halogens is 5. The van der Waals surface area contributed by atoms with E-state index in [1.165, 1.54) is 0 Å². The van der Waals surface area contributed by atoms with Crippen LogP contribution in [-0.2, 0) is 33.3 Å². The van der Waals surface area contributed by atoms with Gasteiger partial charge >= 0.3 is 12.1 Å². The van der Waals surface area contributed by atoms with Gasteiger partial charge in [0, 0.05) is 45.4 Å². The lowest BCUT2D eigenvalue weighted by Gasteiger charge is -2.34. The summed E-state index contributed by atoms with van der Waals surface area (Å²) in [5.41, 5.74) is 0. The van der Waals surface area contributed by atoms with Crippen LogP contribution >= 0.6 is 0 Å². The maximum atomic E-state index is 13.6. The van der Waals surface area contributed by atoms with E-state index in [0.717, 1.165) is 38.5 Å². The molecule has 1 aromatic rings. The number of aliphatic hydroxyl groups excluding tert-OH is 1. The molecule has 50 heavy (non-hydrogen) atoms. The Balaban J connectivity index is 1.07. The zero-order valence-corrected chi connectivity index (χ0v) is 27.8. The second-order valence-electron chi connectivity index (χ2n) is 12.1. The molecule has 2 aliphatic rings. The molecule has 0 aliphatic carbocycles. The number of rotatable bonds is 23. The summed E-state index contributed by atoms with van der Waals surface area (Å²) < 4.78 is 92.4. The minimum Gasteiger partial charge on any atom is -0.427 e. The van der Waals surface area contributed by atoms with Crippen molar-refractivity contribution in [3.8, 4) is 5.75 Å². The second kappa shape index (κ2) is 21.6. The molecule has 0 radical (unpaired) electrons. The van der Waals surface area contributed by atoms with Gasteiger partial charge in [-0.3, -0.25) is 14.4 Å². The van der Waals surface area contributed by atoms with Crippen molar-refractivity contribution in [1.82, 2.24) is 10.6 Å². The Kier molecular flexibility index (Phi) is 17.7. The van der Waals surface area contributed by atoms with E-state index >= 15 is 0 Å². The first kappa shape index (κ1) is 40.9. The van der Waals surface area contributed by atoms with Crippen LogP contribution in [0.3, 0.4) is 0 Å². The van der Waals surface area contributed by atoms with Crippen molar-refractivity contribution in [2.24, 2.45) is 0 Å². The summed E-state index contributed by atoms with van der Waals surface area (Å²) in [6.07, 6.45) is 5.30. The average Bonchev–Trinajstić information content (AvgIpc) is 3.48. The van der Waals surface area contributed by atoms with E-state index in [-0.39, 0.29) is 24.8 Å². The number of carbonyl (C=O) groups is 4. The molecule has 0 bridgehead atoms. The molecular weight excluding hydrogens is 679 g/mol. The number of ether oxygens (including phenoxy) is 5. The molecule has 1 aromatic carbocycles. The van der Waals surface area contributed by atoms with Crippen molar-refractivity contribution in [1.29, 1.82) is 0 Å². The standard InChI is InChI=1S/C33H45F5N2O10/c34-26-27(35)29(37)32(30(38)28(26)36)49-24(44)14-8-6-4-2-1-3-5-7-12-22(42)39-15-11-16-40-23(43)13-9-10-17-46-25-18-20-31(21(19-41)47-25)50-33(45)48-20/h20-21,25,31,41H,1-19H2,(H,39,42)(H,40,43). The maximum absolute atomic E-state index is 13.6. The van der Waals surface area contributed by atoms with Crippen LogP contribution in [0, 0.1) is 29.1 Å². The number of esters is 1. The average molecular weight is 725 g/mol. The minimum atomic E-state index is -2.32. The molecule has 0 aromatic heterocycles. The van der Waals surface area contributed by atoms with Gasteiger partial charge in [-0.15, -0.1) is 0 Å². The van der Waals surface area contributed by atoms with E-state index < -0.39 is 71.6 Å². The molecule has 282 valence electrons. The largest absolute Gasteiger partial charge is 0.509 e. The number of aliphatic hydroxyl groups is 1. The summed E-state index contributed by atoms with van der Waals surface area (Å²) in [6, 6.07) is 0. The highest BCUT2D eigenvalue weighted by Crippen LogP contribution is 2.31. The molecule has 4 unspecified atom stereocenters. The highest BCUT2D eigenvalue weighted by atomic mass is 19.2. The molecule has 2 amide bonds. The van der Waals surface area contributed by atoms with E-state index in [1.807, 2.05) is 0 Å². The molecule has 0 saturated carbocycles. The lowest BCUT2D eigenvalue weighted by atomic mass is 10.0. The van der Waals surface area contributed by atoms with Crippen molar-refractivity contribution in [2.75, 3.05) is 26.3 Å². The molecule has 12 nitrogen and oxygen atoms in total. The summed E-state index contributed by atoms with van der Waals surface area (Å²) in [5, 5.41) is 15.1. The van der Waals surface area contributed by atoms with Gasteiger partial charge in [-0.1, -0.05) is 38.5 Å². The third kappa shape index (κ3) is 13.3. The number of amides is 2. The SMILES string of the molecule is O=C(CCCCCCCCCCC(=O)Oc1c(F)c(F)c(F)c(F)c1F)NCCCNC(=O)CCCCOC1CC2OC(=O)OC2C(CO)O1. The first-order chi connectivity index (χ1) is 24.0. The van der Waals surface area contributed by atoms with Gasteiger partial charge in [0.2, 0.25) is 46.6 Å². The lowest BCUT2D eigenvalue weighted by Crippen LogP contribution is -2.49. The highest BCUT2D eigenvalue weighted by Gasteiger charge is 2.48. The number of nitrogens with one attached hydrogen (secondary N) is 2. The number of carbonyl (C=O) groups excluding carboxylic acids is 4. The molecule has 3 N–H and O–H groups in total. The van der Waals surface area contributed by atoms with E-state index in [2.05, 4.69) is 15.4 Å². The first-order valence-corrected chi connectivity index (χ1v) is 17.0. The van der Waals surface area contributed by atoms with Gasteiger partial charge in [0.15, 0.2) is 12.4 Å². The van der Waals surface area contributed by atoms with Crippen LogP contribution < -0.4 is 15.4 Å². The van der Waals surface area contributed by atoms with E-state index in [4.69, 9.17) is 18.9 Å². The van der Waals surface area contributed by atoms with Gasteiger partial charge in [-0.2, -0.15) is 8.78 Å². The van der Waals surface area contributed by atoms with Gasteiger partial charge in [0.05, 0.1) is 6.61 Å². The van der Waals surface area contributed by atoms with Crippen LogP contribution in [0.1, 0.15) is 96.3 Å². The predicted octanol–water partition coefficient (Wildman–Crippen LogP) is 5.01. The first-order valence-electron chi connectivity index (χ1n) is 17.0. The molecule has 2 saturated heterocycles. The summed E-state index contributed by atoms with van der Waals surface area (Å²) >= 11 is 0. The number of hydrogen-bond donors (Lipinski definition) is 3. The van der Waals surface area contributed by atoms with Crippen LogP contribution in [0.15, 0.2) is 0 Å². The summed E-state index contributed by atoms with van der Waals surface area (Å²) in [6.45, 7) is 0.882. The third-order valence-corrected chi connectivity index (χ3v) is 8.16. The van der Waals surface area contributed by atoms with Crippen molar-refractivity contribution in [3.05, 3.63) is 29.1 Å². The Bertz CT molecular complexity index is 1260. The van der Waals surface area contributed by atoms with Crippen LogP contribution in [0.2, 0.25) is 0 Å². The van der Waals surface area contributed by atoms with E-state index in [0.29, 0.717) is 71.1 Å². The van der Waals surface area contributed by atoms with Crippen LogP contribution in [-0.4, -0.2) is 80.0 Å². The van der Waals surface area contributed by atoms with E-state index in [9.17, 15) is 46.2 Å². The number of benzene rings is 1. The maximum Gasteiger partial charge on any atom is 0.509 e. The highest BCUT2D eigenvalue weighted by molar-refractivity contribution is 5.76. The fourth-order valence-electron chi connectivity index (χ4n) is 5.45. The second-order valence-corrected chi connectivity index (χ2v) is 12.1. The number of fused-ring (bicyclic) bond motifs is 1. The summed E-state index contributed by atoms with van der Waals surface area (Å²) in [4.78, 5) is 47.2. The fourth-order valence-corrected chi connectivity index (χ4v) is 5.45. The van der Waals surface area contributed by atoms with Crippen LogP contribution in [0.4, 0.5) is 26.7 Å². The molecule has 3 rings (SSSR count). The van der Waals surface area contributed by atoms with E-state index in [1.54, 1.807) is 0 Å². The predicted molar refractivity (Wildman–Crippen MR) is 164 cm³/mol. The number of unbranched alkanes of at least 4 members (excludes halogenated alkanes) is 8. The molecule has 2 aliphatic heterocycles. The summed E-state index contributed by atoms with van der Waals surface area (Å²) in [5.74, 6) is -13.9.